The second-order valence-electron chi connectivity index (χ2n) is 5.37. The molecule has 1 aromatic rings. The lowest BCUT2D eigenvalue weighted by Crippen LogP contribution is -2.27. The Labute approximate surface area is 129 Å². The molecule has 22 heavy (non-hydrogen) atoms. The lowest BCUT2D eigenvalue weighted by molar-refractivity contribution is -0.126. The zero-order valence-corrected chi connectivity index (χ0v) is 13.3. The number of hydrogen-bond acceptors (Lipinski definition) is 5. The number of halogens is 3. The van der Waals surface area contributed by atoms with E-state index >= 15 is 0 Å². The van der Waals surface area contributed by atoms with Crippen molar-refractivity contribution in [2.45, 2.75) is 39.0 Å². The summed E-state index contributed by atoms with van der Waals surface area (Å²) >= 11 is 0.614. The summed E-state index contributed by atoms with van der Waals surface area (Å²) in [4.78, 5) is 23.0. The first-order chi connectivity index (χ1) is 9.91. The summed E-state index contributed by atoms with van der Waals surface area (Å²) < 4.78 is 46.8. The fourth-order valence-corrected chi connectivity index (χ4v) is 2.54. The zero-order valence-electron chi connectivity index (χ0n) is 12.5. The first-order valence-electron chi connectivity index (χ1n) is 6.19. The topological polar surface area (TPSA) is 64.6 Å². The predicted octanol–water partition coefficient (Wildman–Crippen LogP) is 3.99. The van der Waals surface area contributed by atoms with E-state index in [0.717, 1.165) is 13.2 Å². The number of esters is 1. The molecule has 0 unspecified atom stereocenters. The Hall–Kier alpha value is -1.77. The van der Waals surface area contributed by atoms with Gasteiger partial charge in [0.05, 0.1) is 19.2 Å². The van der Waals surface area contributed by atoms with Gasteiger partial charge in [0.1, 0.15) is 10.5 Å². The van der Waals surface area contributed by atoms with E-state index in [2.05, 4.69) is 10.1 Å². The number of alkyl halides is 3. The van der Waals surface area contributed by atoms with E-state index in [9.17, 15) is 22.8 Å². The molecule has 1 amide bonds. The van der Waals surface area contributed by atoms with Crippen LogP contribution in [0.5, 0.6) is 0 Å². The van der Waals surface area contributed by atoms with Crippen molar-refractivity contribution in [1.29, 1.82) is 0 Å². The van der Waals surface area contributed by atoms with E-state index in [1.54, 1.807) is 20.8 Å². The molecule has 0 aliphatic rings. The van der Waals surface area contributed by atoms with Gasteiger partial charge in [0, 0.05) is 4.88 Å². The van der Waals surface area contributed by atoms with Crippen LogP contribution in [0.2, 0.25) is 0 Å². The van der Waals surface area contributed by atoms with E-state index in [4.69, 9.17) is 4.74 Å². The molecule has 9 heteroatoms. The molecular formula is C13H16F3NO4S. The van der Waals surface area contributed by atoms with E-state index in [1.165, 1.54) is 0 Å². The van der Waals surface area contributed by atoms with Crippen LogP contribution in [-0.4, -0.2) is 30.9 Å². The lowest BCUT2D eigenvalue weighted by Gasteiger charge is -2.19. The van der Waals surface area contributed by atoms with Gasteiger partial charge in [0.15, 0.2) is 0 Å². The standard InChI is InChI=1S/C13H16F3NO4S/c1-12(2,3)21-11(19)17-8-5-7(6-13(14,15)16)22-9(8)10(18)20-4/h5H,6H2,1-4H3,(H,17,19). The summed E-state index contributed by atoms with van der Waals surface area (Å²) in [5.74, 6) is -0.829. The van der Waals surface area contributed by atoms with Crippen molar-refractivity contribution in [3.05, 3.63) is 15.8 Å². The number of anilines is 1. The van der Waals surface area contributed by atoms with Crippen molar-refractivity contribution in [3.63, 3.8) is 0 Å². The minimum absolute atomic E-state index is 0.0645. The zero-order chi connectivity index (χ0) is 17.1. The van der Waals surface area contributed by atoms with Crippen molar-refractivity contribution >= 4 is 29.1 Å². The molecule has 0 saturated carbocycles. The fraction of sp³-hybridized carbons (Fsp3) is 0.538. The molecule has 0 radical (unpaired) electrons. The van der Waals surface area contributed by atoms with Crippen molar-refractivity contribution < 1.29 is 32.2 Å². The number of amides is 1. The van der Waals surface area contributed by atoms with Gasteiger partial charge >= 0.3 is 18.2 Å². The van der Waals surface area contributed by atoms with Crippen molar-refractivity contribution in [2.75, 3.05) is 12.4 Å². The third kappa shape index (κ3) is 5.92. The predicted molar refractivity (Wildman–Crippen MR) is 75.3 cm³/mol. The van der Waals surface area contributed by atoms with Crippen molar-refractivity contribution in [1.82, 2.24) is 0 Å². The molecule has 1 aromatic heterocycles. The first kappa shape index (κ1) is 18.3. The third-order valence-electron chi connectivity index (χ3n) is 2.16. The molecule has 1 rings (SSSR count). The molecule has 5 nitrogen and oxygen atoms in total. The van der Waals surface area contributed by atoms with Crippen molar-refractivity contribution in [3.8, 4) is 0 Å². The number of nitrogens with one attached hydrogen (secondary N) is 1. The lowest BCUT2D eigenvalue weighted by atomic mass is 10.2. The van der Waals surface area contributed by atoms with Gasteiger partial charge in [-0.3, -0.25) is 5.32 Å². The number of thiophene rings is 1. The normalized spacial score (nSPS) is 12.0. The van der Waals surface area contributed by atoms with Gasteiger partial charge in [0.2, 0.25) is 0 Å². The summed E-state index contributed by atoms with van der Waals surface area (Å²) in [7, 11) is 1.10. The van der Waals surface area contributed by atoms with Crippen LogP contribution in [0.1, 0.15) is 35.3 Å². The minimum atomic E-state index is -4.42. The maximum absolute atomic E-state index is 12.4. The molecule has 0 aromatic carbocycles. The average molecular weight is 339 g/mol. The fourth-order valence-electron chi connectivity index (χ4n) is 1.48. The van der Waals surface area contributed by atoms with Gasteiger partial charge in [-0.1, -0.05) is 0 Å². The van der Waals surface area contributed by atoms with Crippen LogP contribution in [0.4, 0.5) is 23.7 Å². The van der Waals surface area contributed by atoms with Gasteiger partial charge < -0.3 is 9.47 Å². The SMILES string of the molecule is COC(=O)c1sc(CC(F)(F)F)cc1NC(=O)OC(C)(C)C. The van der Waals surface area contributed by atoms with Gasteiger partial charge in [0.25, 0.3) is 0 Å². The molecule has 0 atom stereocenters. The monoisotopic (exact) mass is 339 g/mol. The van der Waals surface area contributed by atoms with E-state index in [-0.39, 0.29) is 15.4 Å². The van der Waals surface area contributed by atoms with Crippen LogP contribution >= 0.6 is 11.3 Å². The summed E-state index contributed by atoms with van der Waals surface area (Å²) in [5.41, 5.74) is -0.842. The Morgan fingerprint density at radius 2 is 1.86 bits per heavy atom. The minimum Gasteiger partial charge on any atom is -0.465 e. The average Bonchev–Trinajstić information content (AvgIpc) is 2.65. The summed E-state index contributed by atoms with van der Waals surface area (Å²) in [6.07, 6.45) is -6.48. The van der Waals surface area contributed by atoms with Crippen molar-refractivity contribution in [2.24, 2.45) is 0 Å². The number of hydrogen-bond donors (Lipinski definition) is 1. The van der Waals surface area contributed by atoms with Gasteiger partial charge in [-0.15, -0.1) is 11.3 Å². The highest BCUT2D eigenvalue weighted by Gasteiger charge is 2.30. The molecule has 1 N–H and O–H groups in total. The highest BCUT2D eigenvalue weighted by molar-refractivity contribution is 7.14. The second-order valence-corrected chi connectivity index (χ2v) is 6.50. The largest absolute Gasteiger partial charge is 0.465 e. The van der Waals surface area contributed by atoms with E-state index in [0.29, 0.717) is 11.3 Å². The van der Waals surface area contributed by atoms with Gasteiger partial charge in [-0.25, -0.2) is 9.59 Å². The molecule has 1 heterocycles. The van der Waals surface area contributed by atoms with Crippen LogP contribution in [0, 0.1) is 0 Å². The molecule has 0 saturated heterocycles. The molecule has 124 valence electrons. The molecule has 0 spiro atoms. The maximum Gasteiger partial charge on any atom is 0.412 e. The first-order valence-corrected chi connectivity index (χ1v) is 7.01. The summed E-state index contributed by atoms with van der Waals surface area (Å²) in [5, 5.41) is 2.27. The molecule has 0 aliphatic heterocycles. The Morgan fingerprint density at radius 3 is 2.32 bits per heavy atom. The van der Waals surface area contributed by atoms with Crippen LogP contribution < -0.4 is 5.32 Å². The number of rotatable bonds is 3. The Morgan fingerprint density at radius 1 is 1.27 bits per heavy atom. The Kier molecular flexibility index (Phi) is 5.44. The van der Waals surface area contributed by atoms with Crippen LogP contribution in [0.3, 0.4) is 0 Å². The Bertz CT molecular complexity index is 561. The van der Waals surface area contributed by atoms with E-state index < -0.39 is 30.3 Å². The number of carbonyl (C=O) groups is 2. The number of carbonyl (C=O) groups excluding carboxylic acids is 2. The van der Waals surface area contributed by atoms with Gasteiger partial charge in [-0.2, -0.15) is 13.2 Å². The van der Waals surface area contributed by atoms with Gasteiger partial charge in [-0.05, 0) is 26.8 Å². The molecule has 0 aliphatic carbocycles. The number of ether oxygens (including phenoxy) is 2. The molecule has 0 bridgehead atoms. The highest BCUT2D eigenvalue weighted by atomic mass is 32.1. The third-order valence-corrected chi connectivity index (χ3v) is 3.28. The number of methoxy groups -OCH3 is 1. The van der Waals surface area contributed by atoms with Crippen LogP contribution in [0.15, 0.2) is 6.07 Å². The smallest absolute Gasteiger partial charge is 0.412 e. The Balaban J connectivity index is 3.01. The van der Waals surface area contributed by atoms with E-state index in [1.807, 2.05) is 0 Å². The highest BCUT2D eigenvalue weighted by Crippen LogP contribution is 2.32. The second kappa shape index (κ2) is 6.55. The van der Waals surface area contributed by atoms with Crippen LogP contribution in [0.25, 0.3) is 0 Å². The summed E-state index contributed by atoms with van der Waals surface area (Å²) in [6.45, 7) is 4.91. The summed E-state index contributed by atoms with van der Waals surface area (Å²) in [6, 6.07) is 1.09. The van der Waals surface area contributed by atoms with Crippen LogP contribution in [-0.2, 0) is 15.9 Å². The molecule has 0 fully saturated rings. The molecular weight excluding hydrogens is 323 g/mol. The maximum atomic E-state index is 12.4. The quantitative estimate of drug-likeness (QED) is 0.846.